The largest absolute Gasteiger partial charge is 0.334 e. The van der Waals surface area contributed by atoms with Crippen molar-refractivity contribution in [1.29, 1.82) is 0 Å². The van der Waals surface area contributed by atoms with E-state index in [0.29, 0.717) is 22.4 Å². The van der Waals surface area contributed by atoms with Gasteiger partial charge in [0.15, 0.2) is 5.82 Å². The normalized spacial score (nSPS) is 13.6. The van der Waals surface area contributed by atoms with Crippen molar-refractivity contribution in [2.45, 2.75) is 23.8 Å². The average Bonchev–Trinajstić information content (AvgIpc) is 3.40. The van der Waals surface area contributed by atoms with Gasteiger partial charge in [0.1, 0.15) is 11.6 Å². The van der Waals surface area contributed by atoms with Gasteiger partial charge in [-0.1, -0.05) is 16.9 Å². The molecule has 0 unspecified atom stereocenters. The molecule has 0 bridgehead atoms. The Morgan fingerprint density at radius 3 is 2.85 bits per heavy atom. The number of amides is 1. The maximum atomic E-state index is 13.5. The first-order chi connectivity index (χ1) is 13.1. The van der Waals surface area contributed by atoms with Gasteiger partial charge in [-0.15, -0.1) is 0 Å². The number of hydrogen-bond donors (Lipinski definition) is 1. The zero-order chi connectivity index (χ0) is 18.8. The van der Waals surface area contributed by atoms with Crippen LogP contribution >= 0.6 is 11.8 Å². The van der Waals surface area contributed by atoms with E-state index in [9.17, 15) is 13.6 Å². The average molecular weight is 388 g/mol. The topological polar surface area (TPSA) is 80.9 Å². The lowest BCUT2D eigenvalue weighted by molar-refractivity contribution is -0.113. The third kappa shape index (κ3) is 4.30. The van der Waals surface area contributed by atoms with E-state index in [2.05, 4.69) is 20.4 Å². The molecule has 0 spiro atoms. The highest BCUT2D eigenvalue weighted by Crippen LogP contribution is 2.38. The number of halogens is 2. The van der Waals surface area contributed by atoms with Crippen LogP contribution in [0.4, 0.5) is 14.5 Å². The molecule has 1 N–H and O–H groups in total. The molecule has 138 valence electrons. The summed E-state index contributed by atoms with van der Waals surface area (Å²) in [4.78, 5) is 20.5. The molecule has 3 aromatic rings. The van der Waals surface area contributed by atoms with Crippen LogP contribution in [0.2, 0.25) is 0 Å². The van der Waals surface area contributed by atoms with Crippen molar-refractivity contribution in [3.8, 4) is 11.5 Å². The first-order valence-corrected chi connectivity index (χ1v) is 9.25. The van der Waals surface area contributed by atoms with Crippen LogP contribution in [0.3, 0.4) is 0 Å². The van der Waals surface area contributed by atoms with Crippen LogP contribution in [0.15, 0.2) is 46.1 Å². The molecule has 1 amide bonds. The number of nitrogens with zero attached hydrogens (tertiary/aromatic N) is 3. The fourth-order valence-electron chi connectivity index (χ4n) is 2.37. The summed E-state index contributed by atoms with van der Waals surface area (Å²) in [7, 11) is 0. The molecule has 1 aliphatic carbocycles. The molecule has 2 heterocycles. The molecule has 1 aromatic carbocycles. The van der Waals surface area contributed by atoms with Crippen molar-refractivity contribution in [1.82, 2.24) is 15.1 Å². The summed E-state index contributed by atoms with van der Waals surface area (Å²) in [6, 6.07) is 6.40. The predicted molar refractivity (Wildman–Crippen MR) is 95.2 cm³/mol. The number of rotatable bonds is 6. The first-order valence-electron chi connectivity index (χ1n) is 8.26. The number of pyridine rings is 1. The Bertz CT molecular complexity index is 974. The van der Waals surface area contributed by atoms with Crippen molar-refractivity contribution >= 4 is 23.4 Å². The standard InChI is InChI=1S/C18H14F2N4O2S/c19-12-4-5-13(20)14(7-12)22-15(25)9-27-16-6-3-11(8-21-16)18-23-17(24-26-18)10-1-2-10/h3-8,10H,1-2,9H2,(H,22,25). The molecular weight excluding hydrogens is 374 g/mol. The lowest BCUT2D eigenvalue weighted by atomic mass is 10.3. The van der Waals surface area contributed by atoms with Crippen LogP contribution in [-0.4, -0.2) is 26.8 Å². The van der Waals surface area contributed by atoms with E-state index in [-0.39, 0.29) is 11.4 Å². The van der Waals surface area contributed by atoms with E-state index in [1.165, 1.54) is 11.8 Å². The van der Waals surface area contributed by atoms with Crippen molar-refractivity contribution in [3.05, 3.63) is 54.0 Å². The SMILES string of the molecule is O=C(CSc1ccc(-c2nc(C3CC3)no2)cn1)Nc1cc(F)ccc1F. The number of anilines is 1. The maximum Gasteiger partial charge on any atom is 0.259 e. The van der Waals surface area contributed by atoms with Gasteiger partial charge in [0.25, 0.3) is 5.89 Å². The summed E-state index contributed by atoms with van der Waals surface area (Å²) >= 11 is 1.18. The highest BCUT2D eigenvalue weighted by Gasteiger charge is 2.29. The van der Waals surface area contributed by atoms with Gasteiger partial charge in [0, 0.05) is 18.2 Å². The van der Waals surface area contributed by atoms with Gasteiger partial charge in [-0.05, 0) is 37.1 Å². The van der Waals surface area contributed by atoms with Crippen molar-refractivity contribution in [2.75, 3.05) is 11.1 Å². The van der Waals surface area contributed by atoms with E-state index < -0.39 is 17.5 Å². The van der Waals surface area contributed by atoms with Crippen LogP contribution in [-0.2, 0) is 4.79 Å². The summed E-state index contributed by atoms with van der Waals surface area (Å²) in [5.74, 6) is -0.211. The molecule has 27 heavy (non-hydrogen) atoms. The molecule has 0 saturated heterocycles. The molecule has 1 aliphatic rings. The molecule has 6 nitrogen and oxygen atoms in total. The zero-order valence-corrected chi connectivity index (χ0v) is 14.8. The summed E-state index contributed by atoms with van der Waals surface area (Å²) in [6.07, 6.45) is 3.78. The van der Waals surface area contributed by atoms with Gasteiger partial charge in [0.05, 0.1) is 22.0 Å². The Labute approximate surface area is 157 Å². The highest BCUT2D eigenvalue weighted by molar-refractivity contribution is 7.99. The lowest BCUT2D eigenvalue weighted by Gasteiger charge is -2.06. The van der Waals surface area contributed by atoms with Crippen LogP contribution in [0, 0.1) is 11.6 Å². The second-order valence-corrected chi connectivity index (χ2v) is 7.07. The minimum Gasteiger partial charge on any atom is -0.334 e. The van der Waals surface area contributed by atoms with Gasteiger partial charge >= 0.3 is 0 Å². The van der Waals surface area contributed by atoms with E-state index in [1.54, 1.807) is 18.3 Å². The smallest absolute Gasteiger partial charge is 0.259 e. The van der Waals surface area contributed by atoms with E-state index in [4.69, 9.17) is 4.52 Å². The number of aromatic nitrogens is 3. The van der Waals surface area contributed by atoms with Gasteiger partial charge in [-0.2, -0.15) is 4.98 Å². The number of benzene rings is 1. The van der Waals surface area contributed by atoms with Gasteiger partial charge in [-0.25, -0.2) is 13.8 Å². The molecule has 2 aromatic heterocycles. The second-order valence-electron chi connectivity index (χ2n) is 6.08. The lowest BCUT2D eigenvalue weighted by Crippen LogP contribution is -2.15. The first kappa shape index (κ1) is 17.6. The van der Waals surface area contributed by atoms with E-state index in [0.717, 1.165) is 36.9 Å². The molecule has 0 aliphatic heterocycles. The van der Waals surface area contributed by atoms with E-state index >= 15 is 0 Å². The third-order valence-corrected chi connectivity index (χ3v) is 4.86. The van der Waals surface area contributed by atoms with Crippen LogP contribution < -0.4 is 5.32 Å². The molecule has 1 fully saturated rings. The Balaban J connectivity index is 1.34. The molecule has 0 radical (unpaired) electrons. The number of carbonyl (C=O) groups excluding carboxylic acids is 1. The van der Waals surface area contributed by atoms with Crippen LogP contribution in [0.25, 0.3) is 11.5 Å². The van der Waals surface area contributed by atoms with Crippen LogP contribution in [0.5, 0.6) is 0 Å². The highest BCUT2D eigenvalue weighted by atomic mass is 32.2. The Kier molecular flexibility index (Phi) is 4.85. The number of thioether (sulfide) groups is 1. The summed E-state index contributed by atoms with van der Waals surface area (Å²) < 4.78 is 31.9. The Morgan fingerprint density at radius 2 is 2.11 bits per heavy atom. The summed E-state index contributed by atoms with van der Waals surface area (Å²) in [5.41, 5.74) is 0.511. The van der Waals surface area contributed by atoms with Gasteiger partial charge < -0.3 is 9.84 Å². The molecular formula is C18H14F2N4O2S. The Morgan fingerprint density at radius 1 is 1.26 bits per heavy atom. The predicted octanol–water partition coefficient (Wildman–Crippen LogP) is 4.02. The Hall–Kier alpha value is -2.81. The van der Waals surface area contributed by atoms with Gasteiger partial charge in [-0.3, -0.25) is 4.79 Å². The maximum absolute atomic E-state index is 13.5. The summed E-state index contributed by atoms with van der Waals surface area (Å²) in [5, 5.41) is 6.91. The van der Waals surface area contributed by atoms with E-state index in [1.807, 2.05) is 0 Å². The quantitative estimate of drug-likeness (QED) is 0.643. The molecule has 4 rings (SSSR count). The second kappa shape index (κ2) is 7.43. The number of nitrogens with one attached hydrogen (secondary N) is 1. The molecule has 1 saturated carbocycles. The summed E-state index contributed by atoms with van der Waals surface area (Å²) in [6.45, 7) is 0. The molecule has 0 atom stereocenters. The number of carbonyl (C=O) groups is 1. The fraction of sp³-hybridized carbons (Fsp3) is 0.222. The van der Waals surface area contributed by atoms with Crippen molar-refractivity contribution in [2.24, 2.45) is 0 Å². The number of hydrogen-bond acceptors (Lipinski definition) is 6. The van der Waals surface area contributed by atoms with Crippen molar-refractivity contribution < 1.29 is 18.1 Å². The zero-order valence-electron chi connectivity index (χ0n) is 14.0. The molecule has 9 heteroatoms. The van der Waals surface area contributed by atoms with Gasteiger partial charge in [0.2, 0.25) is 5.91 Å². The minimum absolute atomic E-state index is 0.00862. The third-order valence-electron chi connectivity index (χ3n) is 3.92. The minimum atomic E-state index is -0.692. The van der Waals surface area contributed by atoms with Crippen molar-refractivity contribution in [3.63, 3.8) is 0 Å². The monoisotopic (exact) mass is 388 g/mol. The fourth-order valence-corrected chi connectivity index (χ4v) is 3.01. The van der Waals surface area contributed by atoms with Crippen LogP contribution in [0.1, 0.15) is 24.6 Å².